The fourth-order valence-electron chi connectivity index (χ4n) is 3.63. The van der Waals surface area contributed by atoms with Crippen molar-refractivity contribution >= 4 is 41.2 Å². The van der Waals surface area contributed by atoms with E-state index >= 15 is 0 Å². The second-order valence-electron chi connectivity index (χ2n) is 7.83. The summed E-state index contributed by atoms with van der Waals surface area (Å²) in [6.45, 7) is 4.31. The number of rotatable bonds is 7. The number of barbiturate groups is 1. The highest BCUT2D eigenvalue weighted by molar-refractivity contribution is 6.39. The average Bonchev–Trinajstić information content (AvgIpc) is 2.82. The van der Waals surface area contributed by atoms with Crippen molar-refractivity contribution < 1.29 is 23.9 Å². The van der Waals surface area contributed by atoms with Crippen LogP contribution in [0.1, 0.15) is 23.6 Å². The van der Waals surface area contributed by atoms with Crippen LogP contribution in [0.25, 0.3) is 6.08 Å². The molecule has 178 valence electrons. The molecule has 1 aliphatic heterocycles. The van der Waals surface area contributed by atoms with Crippen molar-refractivity contribution in [1.82, 2.24) is 5.32 Å². The SMILES string of the molecule is CCOc1cc(/C=C2\C(=O)NC(=O)N(c3cccc(C)c3)C2=O)cc(Cl)c1OCc1ccccc1. The zero-order chi connectivity index (χ0) is 24.9. The maximum Gasteiger partial charge on any atom is 0.335 e. The summed E-state index contributed by atoms with van der Waals surface area (Å²) in [6.07, 6.45) is 1.38. The van der Waals surface area contributed by atoms with Crippen LogP contribution in [-0.2, 0) is 16.2 Å². The Morgan fingerprint density at radius 3 is 2.46 bits per heavy atom. The number of imide groups is 2. The number of aryl methyl sites for hydroxylation is 1. The average molecular weight is 491 g/mol. The predicted molar refractivity (Wildman–Crippen MR) is 134 cm³/mol. The number of benzene rings is 3. The Balaban J connectivity index is 1.67. The molecule has 0 aromatic heterocycles. The molecule has 0 unspecified atom stereocenters. The van der Waals surface area contributed by atoms with Crippen molar-refractivity contribution in [2.24, 2.45) is 0 Å². The van der Waals surface area contributed by atoms with E-state index < -0.39 is 17.8 Å². The first-order valence-corrected chi connectivity index (χ1v) is 11.4. The molecule has 1 aliphatic rings. The second-order valence-corrected chi connectivity index (χ2v) is 8.24. The van der Waals surface area contributed by atoms with Crippen LogP contribution in [0, 0.1) is 6.92 Å². The van der Waals surface area contributed by atoms with E-state index in [4.69, 9.17) is 21.1 Å². The van der Waals surface area contributed by atoms with E-state index in [2.05, 4.69) is 5.32 Å². The molecule has 1 heterocycles. The molecule has 1 N–H and O–H groups in total. The van der Waals surface area contributed by atoms with Gasteiger partial charge in [-0.3, -0.25) is 14.9 Å². The standard InChI is InChI=1S/C27H23ClN2O5/c1-3-34-23-15-19(14-22(28)24(23)35-16-18-9-5-4-6-10-18)13-21-25(31)29-27(33)30(26(21)32)20-11-7-8-17(2)12-20/h4-15H,3,16H2,1-2H3,(H,29,31,33)/b21-13+. The fraction of sp³-hybridized carbons (Fsp3) is 0.148. The second kappa shape index (κ2) is 10.4. The highest BCUT2D eigenvalue weighted by atomic mass is 35.5. The number of carbonyl (C=O) groups is 3. The molecule has 1 fully saturated rings. The lowest BCUT2D eigenvalue weighted by atomic mass is 10.1. The molecule has 0 bridgehead atoms. The van der Waals surface area contributed by atoms with E-state index in [0.717, 1.165) is 16.0 Å². The van der Waals surface area contributed by atoms with Crippen molar-refractivity contribution in [3.05, 3.63) is 94.0 Å². The highest BCUT2D eigenvalue weighted by Crippen LogP contribution is 2.38. The lowest BCUT2D eigenvalue weighted by Gasteiger charge is -2.26. The van der Waals surface area contributed by atoms with Gasteiger partial charge in [-0.05, 0) is 60.9 Å². The van der Waals surface area contributed by atoms with E-state index in [1.807, 2.05) is 50.2 Å². The Morgan fingerprint density at radius 2 is 1.74 bits per heavy atom. The third kappa shape index (κ3) is 5.36. The molecule has 3 aromatic rings. The third-order valence-corrected chi connectivity index (χ3v) is 5.51. The van der Waals surface area contributed by atoms with Crippen LogP contribution in [0.2, 0.25) is 5.02 Å². The molecule has 0 saturated carbocycles. The van der Waals surface area contributed by atoms with Crippen molar-refractivity contribution in [3.8, 4) is 11.5 Å². The van der Waals surface area contributed by atoms with Crippen LogP contribution < -0.4 is 19.7 Å². The highest BCUT2D eigenvalue weighted by Gasteiger charge is 2.36. The summed E-state index contributed by atoms with van der Waals surface area (Å²) in [6, 6.07) is 18.9. The molecule has 0 atom stereocenters. The van der Waals surface area contributed by atoms with Crippen LogP contribution in [-0.4, -0.2) is 24.5 Å². The van der Waals surface area contributed by atoms with Crippen molar-refractivity contribution in [1.29, 1.82) is 0 Å². The van der Waals surface area contributed by atoms with Gasteiger partial charge in [0.05, 0.1) is 17.3 Å². The van der Waals surface area contributed by atoms with Crippen LogP contribution in [0.15, 0.2) is 72.3 Å². The first-order valence-electron chi connectivity index (χ1n) is 11.0. The van der Waals surface area contributed by atoms with Gasteiger partial charge in [-0.1, -0.05) is 54.1 Å². The van der Waals surface area contributed by atoms with E-state index in [9.17, 15) is 14.4 Å². The zero-order valence-electron chi connectivity index (χ0n) is 19.2. The number of nitrogens with zero attached hydrogens (tertiary/aromatic N) is 1. The van der Waals surface area contributed by atoms with Crippen molar-refractivity contribution in [2.45, 2.75) is 20.5 Å². The van der Waals surface area contributed by atoms with Crippen LogP contribution in [0.5, 0.6) is 11.5 Å². The summed E-state index contributed by atoms with van der Waals surface area (Å²) in [5.74, 6) is -0.793. The van der Waals surface area contributed by atoms with E-state index in [-0.39, 0.29) is 17.2 Å². The summed E-state index contributed by atoms with van der Waals surface area (Å²) in [5, 5.41) is 2.48. The molecular formula is C27H23ClN2O5. The van der Waals surface area contributed by atoms with Gasteiger partial charge in [-0.15, -0.1) is 0 Å². The van der Waals surface area contributed by atoms with Gasteiger partial charge >= 0.3 is 6.03 Å². The van der Waals surface area contributed by atoms with Gasteiger partial charge in [0.1, 0.15) is 12.2 Å². The minimum absolute atomic E-state index is 0.206. The monoisotopic (exact) mass is 490 g/mol. The number of hydrogen-bond donors (Lipinski definition) is 1. The molecule has 4 amide bonds. The molecule has 35 heavy (non-hydrogen) atoms. The molecular weight excluding hydrogens is 468 g/mol. The molecule has 3 aromatic carbocycles. The van der Waals surface area contributed by atoms with E-state index in [1.54, 1.807) is 30.3 Å². The molecule has 0 radical (unpaired) electrons. The lowest BCUT2D eigenvalue weighted by molar-refractivity contribution is -0.122. The maximum atomic E-state index is 13.2. The van der Waals surface area contributed by atoms with Gasteiger partial charge in [0, 0.05) is 0 Å². The van der Waals surface area contributed by atoms with E-state index in [1.165, 1.54) is 6.08 Å². The number of carbonyl (C=O) groups excluding carboxylic acids is 3. The Bertz CT molecular complexity index is 1320. The molecule has 1 saturated heterocycles. The summed E-state index contributed by atoms with van der Waals surface area (Å²) < 4.78 is 11.6. The molecule has 0 aliphatic carbocycles. The topological polar surface area (TPSA) is 84.9 Å². The number of urea groups is 1. The van der Waals surface area contributed by atoms with Crippen LogP contribution in [0.4, 0.5) is 10.5 Å². The fourth-order valence-corrected chi connectivity index (χ4v) is 3.90. The maximum absolute atomic E-state index is 13.2. The normalized spacial score (nSPS) is 14.8. The number of halogens is 1. The summed E-state index contributed by atoms with van der Waals surface area (Å²) >= 11 is 6.51. The number of nitrogens with one attached hydrogen (secondary N) is 1. The molecule has 4 rings (SSSR count). The Labute approximate surface area is 207 Å². The Kier molecular flexibility index (Phi) is 7.17. The van der Waals surface area contributed by atoms with Crippen molar-refractivity contribution in [2.75, 3.05) is 11.5 Å². The predicted octanol–water partition coefficient (Wildman–Crippen LogP) is 5.29. The molecule has 0 spiro atoms. The quantitative estimate of drug-likeness (QED) is 0.359. The zero-order valence-corrected chi connectivity index (χ0v) is 20.0. The number of amides is 4. The Hall–Kier alpha value is -4.10. The summed E-state index contributed by atoms with van der Waals surface area (Å²) in [5.41, 5.74) is 2.43. The Morgan fingerprint density at radius 1 is 0.971 bits per heavy atom. The number of anilines is 1. The first kappa shape index (κ1) is 24.0. The van der Waals surface area contributed by atoms with Gasteiger partial charge in [0.15, 0.2) is 11.5 Å². The minimum Gasteiger partial charge on any atom is -0.490 e. The number of hydrogen-bond acceptors (Lipinski definition) is 5. The van der Waals surface area contributed by atoms with Gasteiger partial charge in [-0.25, -0.2) is 9.69 Å². The van der Waals surface area contributed by atoms with E-state index in [0.29, 0.717) is 29.4 Å². The summed E-state index contributed by atoms with van der Waals surface area (Å²) in [7, 11) is 0. The first-order chi connectivity index (χ1) is 16.9. The summed E-state index contributed by atoms with van der Waals surface area (Å²) in [4.78, 5) is 39.1. The third-order valence-electron chi connectivity index (χ3n) is 5.23. The number of ether oxygens (including phenoxy) is 2. The van der Waals surface area contributed by atoms with Gasteiger partial charge < -0.3 is 9.47 Å². The van der Waals surface area contributed by atoms with Crippen LogP contribution >= 0.6 is 11.6 Å². The largest absolute Gasteiger partial charge is 0.490 e. The smallest absolute Gasteiger partial charge is 0.335 e. The van der Waals surface area contributed by atoms with Gasteiger partial charge in [0.2, 0.25) is 0 Å². The van der Waals surface area contributed by atoms with Crippen LogP contribution in [0.3, 0.4) is 0 Å². The molecule has 7 nitrogen and oxygen atoms in total. The molecule has 8 heteroatoms. The van der Waals surface area contributed by atoms with Gasteiger partial charge in [-0.2, -0.15) is 0 Å². The lowest BCUT2D eigenvalue weighted by Crippen LogP contribution is -2.54. The van der Waals surface area contributed by atoms with Gasteiger partial charge in [0.25, 0.3) is 11.8 Å². The minimum atomic E-state index is -0.805. The van der Waals surface area contributed by atoms with Crippen molar-refractivity contribution in [3.63, 3.8) is 0 Å².